The Morgan fingerprint density at radius 1 is 1.10 bits per heavy atom. The molecular weight excluding hydrogens is 284 g/mol. The summed E-state index contributed by atoms with van der Waals surface area (Å²) in [6.07, 6.45) is 0.655. The minimum absolute atomic E-state index is 0.242. The molecule has 0 bridgehead atoms. The topological polar surface area (TPSA) is 72.2 Å². The third-order valence-corrected chi connectivity index (χ3v) is 5.01. The lowest BCUT2D eigenvalue weighted by atomic mass is 10.1. The predicted molar refractivity (Wildman–Crippen MR) is 85.7 cm³/mol. The van der Waals surface area contributed by atoms with Gasteiger partial charge in [0.1, 0.15) is 0 Å². The van der Waals surface area contributed by atoms with Crippen LogP contribution in [0.4, 0.5) is 5.69 Å². The van der Waals surface area contributed by atoms with Crippen LogP contribution in [0.2, 0.25) is 0 Å². The van der Waals surface area contributed by atoms with Crippen molar-refractivity contribution in [3.8, 4) is 0 Å². The molecule has 2 aromatic rings. The molecular formula is C16H20N2O2S. The van der Waals surface area contributed by atoms with E-state index >= 15 is 0 Å². The van der Waals surface area contributed by atoms with Crippen LogP contribution in [0.3, 0.4) is 0 Å². The van der Waals surface area contributed by atoms with Gasteiger partial charge in [0.25, 0.3) is 0 Å². The van der Waals surface area contributed by atoms with E-state index in [1.165, 1.54) is 5.56 Å². The maximum atomic E-state index is 12.3. The molecule has 3 N–H and O–H groups in total. The number of aryl methyl sites for hydroxylation is 1. The van der Waals surface area contributed by atoms with Crippen molar-refractivity contribution in [2.75, 3.05) is 12.3 Å². The van der Waals surface area contributed by atoms with Gasteiger partial charge in [-0.25, -0.2) is 13.1 Å². The Morgan fingerprint density at radius 3 is 2.52 bits per heavy atom. The minimum Gasteiger partial charge on any atom is -0.398 e. The van der Waals surface area contributed by atoms with E-state index < -0.39 is 10.0 Å². The first-order valence-electron chi connectivity index (χ1n) is 6.80. The first kappa shape index (κ1) is 15.5. The zero-order valence-electron chi connectivity index (χ0n) is 12.3. The van der Waals surface area contributed by atoms with Crippen LogP contribution in [0.1, 0.15) is 16.7 Å². The molecule has 0 aromatic heterocycles. The van der Waals surface area contributed by atoms with Gasteiger partial charge in [-0.05, 0) is 43.5 Å². The van der Waals surface area contributed by atoms with Crippen molar-refractivity contribution in [1.82, 2.24) is 4.72 Å². The largest absolute Gasteiger partial charge is 0.398 e. The van der Waals surface area contributed by atoms with Crippen LogP contribution >= 0.6 is 0 Å². The molecule has 0 radical (unpaired) electrons. The fourth-order valence-corrected chi connectivity index (χ4v) is 3.50. The van der Waals surface area contributed by atoms with Crippen LogP contribution in [0.25, 0.3) is 0 Å². The second-order valence-electron chi connectivity index (χ2n) is 5.11. The highest BCUT2D eigenvalue weighted by Crippen LogP contribution is 2.20. The van der Waals surface area contributed by atoms with Crippen molar-refractivity contribution in [2.24, 2.45) is 0 Å². The monoisotopic (exact) mass is 304 g/mol. The molecule has 4 nitrogen and oxygen atoms in total. The van der Waals surface area contributed by atoms with E-state index in [4.69, 9.17) is 5.73 Å². The standard InChI is InChI=1S/C16H20N2O2S/c1-12-5-3-6-14(11-12)9-10-18-21(19,20)16-8-4-7-15(17)13(16)2/h3-8,11,18H,9-10,17H2,1-2H3. The second-order valence-corrected chi connectivity index (χ2v) is 6.84. The first-order chi connectivity index (χ1) is 9.90. The van der Waals surface area contributed by atoms with Gasteiger partial charge in [0.2, 0.25) is 10.0 Å². The summed E-state index contributed by atoms with van der Waals surface area (Å²) in [5.41, 5.74) is 9.11. The predicted octanol–water partition coefficient (Wildman–Crippen LogP) is 2.41. The quantitative estimate of drug-likeness (QED) is 0.833. The third kappa shape index (κ3) is 3.83. The lowest BCUT2D eigenvalue weighted by Gasteiger charge is -2.11. The Labute approximate surface area is 126 Å². The molecule has 112 valence electrons. The van der Waals surface area contributed by atoms with E-state index in [1.54, 1.807) is 25.1 Å². The van der Waals surface area contributed by atoms with Gasteiger partial charge in [0.15, 0.2) is 0 Å². The summed E-state index contributed by atoms with van der Waals surface area (Å²) in [7, 11) is -3.52. The molecule has 0 aliphatic rings. The first-order valence-corrected chi connectivity index (χ1v) is 8.29. The van der Waals surface area contributed by atoms with E-state index in [0.29, 0.717) is 24.2 Å². The minimum atomic E-state index is -3.52. The second kappa shape index (κ2) is 6.28. The van der Waals surface area contributed by atoms with Gasteiger partial charge < -0.3 is 5.73 Å². The number of hydrogen-bond acceptors (Lipinski definition) is 3. The Bertz CT molecular complexity index is 740. The molecule has 0 saturated heterocycles. The van der Waals surface area contributed by atoms with Crippen LogP contribution in [0, 0.1) is 13.8 Å². The number of nitrogen functional groups attached to an aromatic ring is 1. The highest BCUT2D eigenvalue weighted by molar-refractivity contribution is 7.89. The summed E-state index contributed by atoms with van der Waals surface area (Å²) in [5, 5.41) is 0. The van der Waals surface area contributed by atoms with Crippen LogP contribution in [0.15, 0.2) is 47.4 Å². The molecule has 0 saturated carbocycles. The van der Waals surface area contributed by atoms with Crippen molar-refractivity contribution in [3.63, 3.8) is 0 Å². The normalized spacial score (nSPS) is 11.5. The molecule has 0 amide bonds. The molecule has 0 fully saturated rings. The van der Waals surface area contributed by atoms with Crippen LogP contribution in [0.5, 0.6) is 0 Å². The number of nitrogens with two attached hydrogens (primary N) is 1. The Balaban J connectivity index is 2.07. The lowest BCUT2D eigenvalue weighted by Crippen LogP contribution is -2.26. The average molecular weight is 304 g/mol. The lowest BCUT2D eigenvalue weighted by molar-refractivity contribution is 0.581. The Hall–Kier alpha value is -1.85. The number of anilines is 1. The molecule has 5 heteroatoms. The van der Waals surface area contributed by atoms with E-state index in [2.05, 4.69) is 10.8 Å². The number of nitrogens with one attached hydrogen (secondary N) is 1. The smallest absolute Gasteiger partial charge is 0.240 e. The molecule has 0 aliphatic heterocycles. The van der Waals surface area contributed by atoms with E-state index in [0.717, 1.165) is 5.56 Å². The maximum absolute atomic E-state index is 12.3. The molecule has 2 rings (SSSR count). The van der Waals surface area contributed by atoms with E-state index in [-0.39, 0.29) is 4.90 Å². The summed E-state index contributed by atoms with van der Waals surface area (Å²) in [6, 6.07) is 13.0. The zero-order chi connectivity index (χ0) is 15.5. The number of hydrogen-bond donors (Lipinski definition) is 2. The van der Waals surface area contributed by atoms with E-state index in [9.17, 15) is 8.42 Å². The van der Waals surface area contributed by atoms with E-state index in [1.807, 2.05) is 25.1 Å². The Kier molecular flexibility index (Phi) is 4.65. The van der Waals surface area contributed by atoms with Crippen LogP contribution < -0.4 is 10.5 Å². The molecule has 2 aromatic carbocycles. The van der Waals surface area contributed by atoms with Crippen molar-refractivity contribution >= 4 is 15.7 Å². The molecule has 0 spiro atoms. The SMILES string of the molecule is Cc1cccc(CCNS(=O)(=O)c2cccc(N)c2C)c1. The molecule has 0 heterocycles. The fourth-order valence-electron chi connectivity index (χ4n) is 2.20. The van der Waals surface area contributed by atoms with Crippen LogP contribution in [-0.2, 0) is 16.4 Å². The summed E-state index contributed by atoms with van der Waals surface area (Å²) in [6.45, 7) is 4.09. The third-order valence-electron chi connectivity index (χ3n) is 3.40. The zero-order valence-corrected chi connectivity index (χ0v) is 13.1. The number of benzene rings is 2. The van der Waals surface area contributed by atoms with Gasteiger partial charge in [-0.1, -0.05) is 35.9 Å². The van der Waals surface area contributed by atoms with Crippen molar-refractivity contribution < 1.29 is 8.42 Å². The maximum Gasteiger partial charge on any atom is 0.240 e. The molecule has 0 unspecified atom stereocenters. The molecule has 0 atom stereocenters. The Morgan fingerprint density at radius 2 is 1.81 bits per heavy atom. The van der Waals surface area contributed by atoms with Gasteiger partial charge >= 0.3 is 0 Å². The van der Waals surface area contributed by atoms with Gasteiger partial charge in [0, 0.05) is 12.2 Å². The van der Waals surface area contributed by atoms with Gasteiger partial charge in [0.05, 0.1) is 4.90 Å². The van der Waals surface area contributed by atoms with Crippen LogP contribution in [-0.4, -0.2) is 15.0 Å². The van der Waals surface area contributed by atoms with Crippen molar-refractivity contribution in [3.05, 3.63) is 59.2 Å². The highest BCUT2D eigenvalue weighted by Gasteiger charge is 2.17. The number of sulfonamides is 1. The summed E-state index contributed by atoms with van der Waals surface area (Å²) < 4.78 is 27.2. The average Bonchev–Trinajstić information content (AvgIpc) is 2.41. The highest BCUT2D eigenvalue weighted by atomic mass is 32.2. The van der Waals surface area contributed by atoms with Gasteiger partial charge in [-0.15, -0.1) is 0 Å². The summed E-state index contributed by atoms with van der Waals surface area (Å²) in [5.74, 6) is 0. The number of rotatable bonds is 5. The van der Waals surface area contributed by atoms with Gasteiger partial charge in [-0.3, -0.25) is 0 Å². The molecule has 21 heavy (non-hydrogen) atoms. The van der Waals surface area contributed by atoms with Gasteiger partial charge in [-0.2, -0.15) is 0 Å². The summed E-state index contributed by atoms with van der Waals surface area (Å²) in [4.78, 5) is 0.242. The van der Waals surface area contributed by atoms with Crippen molar-refractivity contribution in [1.29, 1.82) is 0 Å². The summed E-state index contributed by atoms with van der Waals surface area (Å²) >= 11 is 0. The van der Waals surface area contributed by atoms with Crippen molar-refractivity contribution in [2.45, 2.75) is 25.2 Å². The fraction of sp³-hybridized carbons (Fsp3) is 0.250. The molecule has 0 aliphatic carbocycles.